The Morgan fingerprint density at radius 2 is 1.86 bits per heavy atom. The summed E-state index contributed by atoms with van der Waals surface area (Å²) in [4.78, 5) is 0. The molecule has 21 heavy (non-hydrogen) atoms. The van der Waals surface area contributed by atoms with E-state index in [9.17, 15) is 8.42 Å². The number of hydrogen-bond donors (Lipinski definition) is 2. The van der Waals surface area contributed by atoms with Crippen LogP contribution in [-0.4, -0.2) is 31.9 Å². The Hall–Kier alpha value is -0.240. The minimum Gasteiger partial charge on any atom is -0.329 e. The molecule has 9 heteroatoms. The van der Waals surface area contributed by atoms with Gasteiger partial charge in [-0.05, 0) is 25.0 Å². The third-order valence-electron chi connectivity index (χ3n) is 3.40. The van der Waals surface area contributed by atoms with Crippen molar-refractivity contribution in [3.63, 3.8) is 0 Å². The first kappa shape index (κ1) is 17.1. The summed E-state index contributed by atoms with van der Waals surface area (Å²) in [5.74, 6) is 0. The lowest BCUT2D eigenvalue weighted by Crippen LogP contribution is -2.49. The molecule has 1 saturated heterocycles. The van der Waals surface area contributed by atoms with Crippen LogP contribution >= 0.6 is 34.8 Å². The smallest absolute Gasteiger partial charge is 0.301 e. The van der Waals surface area contributed by atoms with Crippen LogP contribution in [0.3, 0.4) is 0 Å². The van der Waals surface area contributed by atoms with Gasteiger partial charge in [-0.15, -0.1) is 0 Å². The number of halogens is 3. The third kappa shape index (κ3) is 3.94. The molecule has 1 aromatic rings. The fourth-order valence-corrected chi connectivity index (χ4v) is 4.49. The number of hydrogen-bond acceptors (Lipinski definition) is 3. The van der Waals surface area contributed by atoms with Crippen LogP contribution in [-0.2, 0) is 10.2 Å². The number of anilines is 1. The van der Waals surface area contributed by atoms with E-state index in [4.69, 9.17) is 40.5 Å². The predicted octanol–water partition coefficient (Wildman–Crippen LogP) is 3.12. The van der Waals surface area contributed by atoms with E-state index in [1.807, 2.05) is 0 Å². The zero-order valence-electron chi connectivity index (χ0n) is 11.2. The summed E-state index contributed by atoms with van der Waals surface area (Å²) in [6, 6.07) is 2.60. The molecule has 5 nitrogen and oxygen atoms in total. The van der Waals surface area contributed by atoms with Crippen LogP contribution in [0.1, 0.15) is 19.3 Å². The fourth-order valence-electron chi connectivity index (χ4n) is 2.32. The van der Waals surface area contributed by atoms with Crippen molar-refractivity contribution in [2.75, 3.05) is 17.8 Å². The van der Waals surface area contributed by atoms with Gasteiger partial charge in [0, 0.05) is 19.1 Å². The molecule has 1 unspecified atom stereocenters. The summed E-state index contributed by atoms with van der Waals surface area (Å²) in [7, 11) is -3.73. The Bertz CT molecular complexity index is 624. The Labute approximate surface area is 139 Å². The van der Waals surface area contributed by atoms with E-state index in [1.165, 1.54) is 16.4 Å². The summed E-state index contributed by atoms with van der Waals surface area (Å²) in [5.41, 5.74) is 5.86. The van der Waals surface area contributed by atoms with Crippen molar-refractivity contribution >= 4 is 50.7 Å². The molecule has 0 aliphatic carbocycles. The molecule has 3 N–H and O–H groups in total. The van der Waals surface area contributed by atoms with Gasteiger partial charge in [-0.1, -0.05) is 41.2 Å². The van der Waals surface area contributed by atoms with Crippen LogP contribution in [0.15, 0.2) is 12.1 Å². The van der Waals surface area contributed by atoms with Crippen LogP contribution in [0.5, 0.6) is 0 Å². The van der Waals surface area contributed by atoms with Crippen molar-refractivity contribution < 1.29 is 8.42 Å². The topological polar surface area (TPSA) is 75.4 Å². The molecule has 1 aromatic carbocycles. The van der Waals surface area contributed by atoms with Gasteiger partial charge < -0.3 is 5.73 Å². The van der Waals surface area contributed by atoms with Crippen LogP contribution in [0.25, 0.3) is 0 Å². The van der Waals surface area contributed by atoms with Crippen molar-refractivity contribution in [2.24, 2.45) is 5.73 Å². The standard InChI is InChI=1S/C12H16Cl3N3O2S/c13-9-5-11(15)12(6-10(9)14)17-21(19,20)18-4-2-1-3-8(18)7-16/h5-6,8,17H,1-4,7,16H2. The van der Waals surface area contributed by atoms with Gasteiger partial charge in [-0.25, -0.2) is 0 Å². The average molecular weight is 373 g/mol. The van der Waals surface area contributed by atoms with E-state index in [0.29, 0.717) is 6.54 Å². The summed E-state index contributed by atoms with van der Waals surface area (Å²) in [6.45, 7) is 0.728. The summed E-state index contributed by atoms with van der Waals surface area (Å²) in [5, 5.41) is 0.685. The zero-order valence-corrected chi connectivity index (χ0v) is 14.2. The maximum Gasteiger partial charge on any atom is 0.301 e. The Morgan fingerprint density at radius 3 is 2.52 bits per heavy atom. The predicted molar refractivity (Wildman–Crippen MR) is 87.4 cm³/mol. The van der Waals surface area contributed by atoms with Gasteiger partial charge in [0.1, 0.15) is 0 Å². The number of nitrogens with one attached hydrogen (secondary N) is 1. The second-order valence-corrected chi connectivity index (χ2v) is 7.69. The van der Waals surface area contributed by atoms with Gasteiger partial charge in [0.15, 0.2) is 0 Å². The molecule has 1 atom stereocenters. The first-order chi connectivity index (χ1) is 9.85. The lowest BCUT2D eigenvalue weighted by atomic mass is 10.1. The monoisotopic (exact) mass is 371 g/mol. The average Bonchev–Trinajstić information content (AvgIpc) is 2.44. The quantitative estimate of drug-likeness (QED) is 0.797. The minimum atomic E-state index is -3.73. The van der Waals surface area contributed by atoms with Gasteiger partial charge in [0.25, 0.3) is 0 Å². The minimum absolute atomic E-state index is 0.189. The van der Waals surface area contributed by atoms with Crippen molar-refractivity contribution in [3.8, 4) is 0 Å². The molecule has 1 fully saturated rings. The van der Waals surface area contributed by atoms with Crippen molar-refractivity contribution in [1.29, 1.82) is 0 Å². The molecule has 1 aliphatic heterocycles. The first-order valence-electron chi connectivity index (χ1n) is 6.49. The third-order valence-corrected chi connectivity index (χ3v) is 6.01. The van der Waals surface area contributed by atoms with Crippen LogP contribution in [0, 0.1) is 0 Å². The molecule has 0 amide bonds. The van der Waals surface area contributed by atoms with Gasteiger partial charge in [-0.3, -0.25) is 4.72 Å². The highest BCUT2D eigenvalue weighted by Gasteiger charge is 2.31. The highest BCUT2D eigenvalue weighted by atomic mass is 35.5. The van der Waals surface area contributed by atoms with Crippen molar-refractivity contribution in [3.05, 3.63) is 27.2 Å². The maximum atomic E-state index is 12.5. The van der Waals surface area contributed by atoms with Crippen molar-refractivity contribution in [2.45, 2.75) is 25.3 Å². The molecule has 1 heterocycles. The van der Waals surface area contributed by atoms with Gasteiger partial charge >= 0.3 is 10.2 Å². The van der Waals surface area contributed by atoms with Crippen LogP contribution < -0.4 is 10.5 Å². The molecule has 1 aliphatic rings. The van der Waals surface area contributed by atoms with E-state index in [-0.39, 0.29) is 33.3 Å². The van der Waals surface area contributed by atoms with E-state index in [1.54, 1.807) is 0 Å². The number of nitrogens with two attached hydrogens (primary N) is 1. The molecule has 0 bridgehead atoms. The Balaban J connectivity index is 2.26. The van der Waals surface area contributed by atoms with Crippen LogP contribution in [0.2, 0.25) is 15.1 Å². The second-order valence-electron chi connectivity index (χ2n) is 4.85. The molecule has 0 aromatic heterocycles. The van der Waals surface area contributed by atoms with E-state index in [0.717, 1.165) is 19.3 Å². The Kier molecular flexibility index (Phi) is 5.62. The molecule has 0 saturated carbocycles. The first-order valence-corrected chi connectivity index (χ1v) is 9.06. The lowest BCUT2D eigenvalue weighted by Gasteiger charge is -2.34. The molecular formula is C12H16Cl3N3O2S. The molecule has 0 spiro atoms. The molecule has 118 valence electrons. The lowest BCUT2D eigenvalue weighted by molar-refractivity contribution is 0.259. The maximum absolute atomic E-state index is 12.5. The summed E-state index contributed by atoms with van der Waals surface area (Å²) >= 11 is 17.7. The zero-order chi connectivity index (χ0) is 15.6. The SMILES string of the molecule is NCC1CCCCN1S(=O)(=O)Nc1cc(Cl)c(Cl)cc1Cl. The van der Waals surface area contributed by atoms with E-state index < -0.39 is 10.2 Å². The largest absolute Gasteiger partial charge is 0.329 e. The second kappa shape index (κ2) is 6.89. The van der Waals surface area contributed by atoms with Gasteiger partial charge in [0.2, 0.25) is 0 Å². The van der Waals surface area contributed by atoms with Crippen molar-refractivity contribution in [1.82, 2.24) is 4.31 Å². The highest BCUT2D eigenvalue weighted by molar-refractivity contribution is 7.90. The van der Waals surface area contributed by atoms with E-state index >= 15 is 0 Å². The summed E-state index contributed by atoms with van der Waals surface area (Å²) in [6.07, 6.45) is 2.54. The van der Waals surface area contributed by atoms with Crippen LogP contribution in [0.4, 0.5) is 5.69 Å². The normalized spacial score (nSPS) is 20.5. The number of nitrogens with zero attached hydrogens (tertiary/aromatic N) is 1. The molecule has 2 rings (SSSR count). The van der Waals surface area contributed by atoms with Gasteiger partial charge in [0.05, 0.1) is 20.8 Å². The fraction of sp³-hybridized carbons (Fsp3) is 0.500. The number of rotatable bonds is 4. The van der Waals surface area contributed by atoms with E-state index in [2.05, 4.69) is 4.72 Å². The molecular weight excluding hydrogens is 357 g/mol. The molecule has 0 radical (unpaired) electrons. The van der Waals surface area contributed by atoms with Gasteiger partial charge in [-0.2, -0.15) is 12.7 Å². The number of benzene rings is 1. The Morgan fingerprint density at radius 1 is 1.19 bits per heavy atom. The highest BCUT2D eigenvalue weighted by Crippen LogP contribution is 2.33. The number of piperidine rings is 1. The summed E-state index contributed by atoms with van der Waals surface area (Å²) < 4.78 is 28.8.